The maximum absolute atomic E-state index is 12.1. The van der Waals surface area contributed by atoms with Crippen LogP contribution in [0.2, 0.25) is 0 Å². The lowest BCUT2D eigenvalue weighted by atomic mass is 10.1. The molecular weight excluding hydrogens is 300 g/mol. The quantitative estimate of drug-likeness (QED) is 0.889. The minimum Gasteiger partial charge on any atom is -0.324 e. The highest BCUT2D eigenvalue weighted by Gasteiger charge is 2.10. The second-order valence-electron chi connectivity index (χ2n) is 5.13. The molecule has 0 radical (unpaired) electrons. The van der Waals surface area contributed by atoms with Crippen molar-refractivity contribution in [1.29, 1.82) is 0 Å². The van der Waals surface area contributed by atoms with Gasteiger partial charge in [0.1, 0.15) is 0 Å². The Balaban J connectivity index is 2.10. The molecule has 0 atom stereocenters. The molecule has 0 spiro atoms. The van der Waals surface area contributed by atoms with Crippen molar-refractivity contribution in [3.8, 4) is 0 Å². The first-order valence-electron chi connectivity index (χ1n) is 6.76. The third-order valence-corrected chi connectivity index (χ3v) is 3.57. The molecule has 2 aromatic carbocycles. The van der Waals surface area contributed by atoms with Gasteiger partial charge in [0.15, 0.2) is 0 Å². The van der Waals surface area contributed by atoms with Gasteiger partial charge in [-0.1, -0.05) is 42.0 Å². The number of nitrogens with one attached hydrogen (secondary N) is 2. The van der Waals surface area contributed by atoms with Gasteiger partial charge >= 0.3 is 0 Å². The van der Waals surface area contributed by atoms with Crippen molar-refractivity contribution in [3.63, 3.8) is 0 Å². The first-order valence-corrected chi connectivity index (χ1v) is 8.65. The van der Waals surface area contributed by atoms with Gasteiger partial charge in [0.25, 0.3) is 0 Å². The molecule has 1 amide bonds. The average Bonchev–Trinajstić information content (AvgIpc) is 2.42. The predicted molar refractivity (Wildman–Crippen MR) is 88.4 cm³/mol. The maximum atomic E-state index is 12.1. The minimum atomic E-state index is -3.40. The number of aryl methyl sites for hydroxylation is 1. The molecule has 0 aromatic heterocycles. The van der Waals surface area contributed by atoms with Gasteiger partial charge in [0, 0.05) is 0 Å². The average molecular weight is 318 g/mol. The largest absolute Gasteiger partial charge is 0.324 e. The lowest BCUT2D eigenvalue weighted by Crippen LogP contribution is -2.17. The molecule has 0 aliphatic carbocycles. The molecule has 2 rings (SSSR count). The van der Waals surface area contributed by atoms with Crippen LogP contribution in [-0.4, -0.2) is 20.6 Å². The van der Waals surface area contributed by atoms with Gasteiger partial charge in [-0.05, 0) is 24.6 Å². The molecule has 0 aliphatic heterocycles. The smallest absolute Gasteiger partial charge is 0.229 e. The number of hydrogen-bond acceptors (Lipinski definition) is 3. The Morgan fingerprint density at radius 3 is 2.18 bits per heavy atom. The van der Waals surface area contributed by atoms with Gasteiger partial charge in [-0.15, -0.1) is 0 Å². The molecule has 0 saturated carbocycles. The topological polar surface area (TPSA) is 75.3 Å². The summed E-state index contributed by atoms with van der Waals surface area (Å²) in [6, 6.07) is 14.4. The molecule has 0 saturated heterocycles. The van der Waals surface area contributed by atoms with E-state index in [0.29, 0.717) is 11.4 Å². The van der Waals surface area contributed by atoms with E-state index in [0.717, 1.165) is 17.4 Å². The van der Waals surface area contributed by atoms with Gasteiger partial charge in [0.2, 0.25) is 15.9 Å². The van der Waals surface area contributed by atoms with Crippen LogP contribution in [0, 0.1) is 6.92 Å². The monoisotopic (exact) mass is 318 g/mol. The second kappa shape index (κ2) is 6.62. The molecule has 22 heavy (non-hydrogen) atoms. The third kappa shape index (κ3) is 4.89. The van der Waals surface area contributed by atoms with Gasteiger partial charge in [-0.25, -0.2) is 8.42 Å². The van der Waals surface area contributed by atoms with E-state index in [1.54, 1.807) is 24.3 Å². The van der Waals surface area contributed by atoms with Crippen molar-refractivity contribution in [3.05, 3.63) is 59.7 Å². The van der Waals surface area contributed by atoms with Crippen molar-refractivity contribution in [2.45, 2.75) is 13.3 Å². The van der Waals surface area contributed by atoms with E-state index < -0.39 is 10.0 Å². The first kappa shape index (κ1) is 16.0. The second-order valence-corrected chi connectivity index (χ2v) is 6.88. The molecule has 6 heteroatoms. The lowest BCUT2D eigenvalue weighted by Gasteiger charge is -2.12. The molecule has 0 unspecified atom stereocenters. The number of carbonyl (C=O) groups excluding carboxylic acids is 1. The lowest BCUT2D eigenvalue weighted by molar-refractivity contribution is -0.115. The van der Waals surface area contributed by atoms with E-state index in [1.807, 2.05) is 31.2 Å². The van der Waals surface area contributed by atoms with Gasteiger partial charge < -0.3 is 5.32 Å². The van der Waals surface area contributed by atoms with Crippen LogP contribution in [0.5, 0.6) is 0 Å². The van der Waals surface area contributed by atoms with Gasteiger partial charge in [-0.2, -0.15) is 0 Å². The summed E-state index contributed by atoms with van der Waals surface area (Å²) >= 11 is 0. The standard InChI is InChI=1S/C16H18N2O3S/c1-12-7-9-13(10-8-12)11-16(19)17-14-5-3-4-6-15(14)18-22(2,20)21/h3-10,18H,11H2,1-2H3,(H,17,19). The van der Waals surface area contributed by atoms with Crippen molar-refractivity contribution in [2.75, 3.05) is 16.3 Å². The number of benzene rings is 2. The molecule has 0 aliphatic rings. The number of rotatable bonds is 5. The van der Waals surface area contributed by atoms with Crippen LogP contribution < -0.4 is 10.0 Å². The van der Waals surface area contributed by atoms with Crippen molar-refractivity contribution in [1.82, 2.24) is 0 Å². The van der Waals surface area contributed by atoms with Crippen molar-refractivity contribution in [2.24, 2.45) is 0 Å². The van der Waals surface area contributed by atoms with Crippen LogP contribution in [0.4, 0.5) is 11.4 Å². The zero-order valence-corrected chi connectivity index (χ0v) is 13.3. The van der Waals surface area contributed by atoms with Crippen LogP contribution in [0.15, 0.2) is 48.5 Å². The molecule has 116 valence electrons. The minimum absolute atomic E-state index is 0.202. The van der Waals surface area contributed by atoms with E-state index in [9.17, 15) is 13.2 Å². The molecule has 2 aromatic rings. The fourth-order valence-electron chi connectivity index (χ4n) is 1.97. The Kier molecular flexibility index (Phi) is 4.82. The van der Waals surface area contributed by atoms with E-state index >= 15 is 0 Å². The van der Waals surface area contributed by atoms with E-state index in [4.69, 9.17) is 0 Å². The van der Waals surface area contributed by atoms with Crippen molar-refractivity contribution < 1.29 is 13.2 Å². The summed E-state index contributed by atoms with van der Waals surface area (Å²) in [5.41, 5.74) is 2.82. The first-order chi connectivity index (χ1) is 10.3. The SMILES string of the molecule is Cc1ccc(CC(=O)Nc2ccccc2NS(C)(=O)=O)cc1. The molecule has 0 heterocycles. The van der Waals surface area contributed by atoms with Crippen LogP contribution in [0.1, 0.15) is 11.1 Å². The highest BCUT2D eigenvalue weighted by molar-refractivity contribution is 7.92. The number of anilines is 2. The molecule has 0 fully saturated rings. The molecule has 0 bridgehead atoms. The van der Waals surface area contributed by atoms with Crippen LogP contribution in [0.3, 0.4) is 0 Å². The maximum Gasteiger partial charge on any atom is 0.229 e. The van der Waals surface area contributed by atoms with E-state index in [1.165, 1.54) is 0 Å². The summed E-state index contributed by atoms with van der Waals surface area (Å²) in [6.45, 7) is 1.98. The van der Waals surface area contributed by atoms with E-state index in [2.05, 4.69) is 10.0 Å². The number of sulfonamides is 1. The van der Waals surface area contributed by atoms with Crippen molar-refractivity contribution >= 4 is 27.3 Å². The van der Waals surface area contributed by atoms with Crippen LogP contribution in [-0.2, 0) is 21.2 Å². The third-order valence-electron chi connectivity index (χ3n) is 2.98. The summed E-state index contributed by atoms with van der Waals surface area (Å²) in [7, 11) is -3.40. The highest BCUT2D eigenvalue weighted by Crippen LogP contribution is 2.22. The molecule has 2 N–H and O–H groups in total. The highest BCUT2D eigenvalue weighted by atomic mass is 32.2. The predicted octanol–water partition coefficient (Wildman–Crippen LogP) is 2.55. The molecular formula is C16H18N2O3S. The zero-order chi connectivity index (χ0) is 16.2. The van der Waals surface area contributed by atoms with Crippen LogP contribution in [0.25, 0.3) is 0 Å². The summed E-state index contributed by atoms with van der Waals surface area (Å²) in [4.78, 5) is 12.1. The van der Waals surface area contributed by atoms with Crippen LogP contribution >= 0.6 is 0 Å². The Bertz CT molecular complexity index is 768. The number of amides is 1. The summed E-state index contributed by atoms with van der Waals surface area (Å²) in [5, 5.41) is 2.73. The Morgan fingerprint density at radius 2 is 1.59 bits per heavy atom. The van der Waals surface area contributed by atoms with E-state index in [-0.39, 0.29) is 12.3 Å². The zero-order valence-electron chi connectivity index (χ0n) is 12.5. The van der Waals surface area contributed by atoms with Gasteiger partial charge in [0.05, 0.1) is 24.1 Å². The summed E-state index contributed by atoms with van der Waals surface area (Å²) < 4.78 is 25.1. The normalized spacial score (nSPS) is 11.0. The number of carbonyl (C=O) groups is 1. The number of para-hydroxylation sites is 2. The fraction of sp³-hybridized carbons (Fsp3) is 0.188. The van der Waals surface area contributed by atoms with Gasteiger partial charge in [-0.3, -0.25) is 9.52 Å². The molecule has 5 nitrogen and oxygen atoms in total. The number of hydrogen-bond donors (Lipinski definition) is 2. The Hall–Kier alpha value is -2.34. The Labute approximate surface area is 130 Å². The summed E-state index contributed by atoms with van der Waals surface area (Å²) in [6.07, 6.45) is 1.30. The fourth-order valence-corrected chi connectivity index (χ4v) is 2.54. The summed E-state index contributed by atoms with van der Waals surface area (Å²) in [5.74, 6) is -0.202. The Morgan fingerprint density at radius 1 is 1.00 bits per heavy atom.